The lowest BCUT2D eigenvalue weighted by molar-refractivity contribution is -0.251. The van der Waals surface area contributed by atoms with Crippen LogP contribution >= 0.6 is 0 Å². The van der Waals surface area contributed by atoms with Crippen molar-refractivity contribution in [3.05, 3.63) is 23.8 Å². The van der Waals surface area contributed by atoms with E-state index in [0.717, 1.165) is 36.5 Å². The van der Waals surface area contributed by atoms with E-state index in [0.29, 0.717) is 28.6 Å². The van der Waals surface area contributed by atoms with E-state index in [9.17, 15) is 0 Å². The van der Waals surface area contributed by atoms with Crippen LogP contribution in [0.1, 0.15) is 92.9 Å². The summed E-state index contributed by atoms with van der Waals surface area (Å²) < 4.78 is 11.8. The van der Waals surface area contributed by atoms with Crippen LogP contribution in [0, 0.1) is 52.3 Å². The van der Waals surface area contributed by atoms with Gasteiger partial charge in [-0.3, -0.25) is 0 Å². The topological polar surface area (TPSA) is 18.5 Å². The molecule has 4 aliphatic rings. The highest BCUT2D eigenvalue weighted by Gasteiger charge is 2.59. The van der Waals surface area contributed by atoms with Crippen LogP contribution in [-0.2, 0) is 9.47 Å². The molecule has 1 unspecified atom stereocenters. The Morgan fingerprint density at radius 1 is 0.875 bits per heavy atom. The summed E-state index contributed by atoms with van der Waals surface area (Å²) in [5.41, 5.74) is 2.75. The van der Waals surface area contributed by atoms with Gasteiger partial charge >= 0.3 is 0 Å². The molecule has 4 aliphatic carbocycles. The summed E-state index contributed by atoms with van der Waals surface area (Å²) >= 11 is 0. The van der Waals surface area contributed by atoms with Crippen molar-refractivity contribution in [1.82, 2.24) is 0 Å². The van der Waals surface area contributed by atoms with Gasteiger partial charge in [0, 0.05) is 27.1 Å². The molecule has 0 saturated heterocycles. The fraction of sp³-hybridized carbons (Fsp3) is 0.867. The molecule has 0 spiro atoms. The van der Waals surface area contributed by atoms with E-state index >= 15 is 0 Å². The lowest BCUT2D eigenvalue weighted by Gasteiger charge is -2.59. The molecule has 3 saturated carbocycles. The Balaban J connectivity index is 1.54. The second kappa shape index (κ2) is 8.88. The Bertz CT molecular complexity index is 731. The predicted molar refractivity (Wildman–Crippen MR) is 134 cm³/mol. The molecule has 0 radical (unpaired) electrons. The van der Waals surface area contributed by atoms with Crippen LogP contribution in [0.25, 0.3) is 0 Å². The molecule has 0 aromatic carbocycles. The monoisotopic (exact) mass is 442 g/mol. The van der Waals surface area contributed by atoms with Gasteiger partial charge in [0.25, 0.3) is 0 Å². The Morgan fingerprint density at radius 3 is 2.22 bits per heavy atom. The first-order valence-corrected chi connectivity index (χ1v) is 13.6. The SMILES string of the molecule is COC1(OC)CC[C@@]2(C)C(CC=C3[C@@H]4CC[C@H]([C@H](C)C=C[C@H](C)C(C)C)[C@@]4(C)CC[C@@H]32)C1. The maximum Gasteiger partial charge on any atom is 0.167 e. The van der Waals surface area contributed by atoms with Gasteiger partial charge in [-0.1, -0.05) is 65.3 Å². The van der Waals surface area contributed by atoms with Crippen molar-refractivity contribution in [2.75, 3.05) is 14.2 Å². The summed E-state index contributed by atoms with van der Waals surface area (Å²) in [5, 5.41) is 0. The molecule has 32 heavy (non-hydrogen) atoms. The number of rotatable bonds is 6. The Morgan fingerprint density at radius 2 is 1.56 bits per heavy atom. The molecule has 2 nitrogen and oxygen atoms in total. The number of allylic oxidation sites excluding steroid dienone is 4. The fourth-order valence-electron chi connectivity index (χ4n) is 8.52. The molecule has 3 fully saturated rings. The third-order valence-corrected chi connectivity index (χ3v) is 11.3. The van der Waals surface area contributed by atoms with Gasteiger partial charge in [0.1, 0.15) is 0 Å². The zero-order valence-corrected chi connectivity index (χ0v) is 22.2. The molecule has 4 rings (SSSR count). The molecule has 0 aromatic heterocycles. The van der Waals surface area contributed by atoms with Crippen LogP contribution in [0.4, 0.5) is 0 Å². The van der Waals surface area contributed by atoms with E-state index in [1.807, 2.05) is 19.8 Å². The van der Waals surface area contributed by atoms with Crippen molar-refractivity contribution < 1.29 is 9.47 Å². The largest absolute Gasteiger partial charge is 0.353 e. The minimum absolute atomic E-state index is 0.355. The van der Waals surface area contributed by atoms with Crippen LogP contribution in [0.5, 0.6) is 0 Å². The van der Waals surface area contributed by atoms with Crippen molar-refractivity contribution in [3.63, 3.8) is 0 Å². The van der Waals surface area contributed by atoms with Gasteiger partial charge in [-0.15, -0.1) is 0 Å². The van der Waals surface area contributed by atoms with Crippen molar-refractivity contribution in [2.45, 2.75) is 98.7 Å². The van der Waals surface area contributed by atoms with Gasteiger partial charge in [-0.05, 0) is 90.8 Å². The summed E-state index contributed by atoms with van der Waals surface area (Å²) in [4.78, 5) is 0. The molecule has 0 aliphatic heterocycles. The summed E-state index contributed by atoms with van der Waals surface area (Å²) in [6, 6.07) is 0. The van der Waals surface area contributed by atoms with Crippen LogP contribution < -0.4 is 0 Å². The number of fused-ring (bicyclic) bond motifs is 5. The van der Waals surface area contributed by atoms with E-state index in [2.05, 4.69) is 59.8 Å². The van der Waals surface area contributed by atoms with Gasteiger partial charge in [-0.25, -0.2) is 0 Å². The second-order valence-electron chi connectivity index (χ2n) is 12.8. The Kier molecular flexibility index (Phi) is 6.80. The molecule has 0 heterocycles. The molecular formula is C30H50O2. The molecule has 0 bridgehead atoms. The van der Waals surface area contributed by atoms with Gasteiger partial charge < -0.3 is 9.47 Å². The van der Waals surface area contributed by atoms with Crippen molar-refractivity contribution in [3.8, 4) is 0 Å². The Labute approximate surface area is 198 Å². The summed E-state index contributed by atoms with van der Waals surface area (Å²) in [5.74, 6) is 4.83. The average molecular weight is 443 g/mol. The highest BCUT2D eigenvalue weighted by Crippen LogP contribution is 2.67. The van der Waals surface area contributed by atoms with Crippen LogP contribution in [0.15, 0.2) is 23.8 Å². The second-order valence-corrected chi connectivity index (χ2v) is 12.8. The molecule has 182 valence electrons. The van der Waals surface area contributed by atoms with Gasteiger partial charge in [0.05, 0.1) is 0 Å². The van der Waals surface area contributed by atoms with E-state index in [1.165, 1.54) is 38.5 Å². The zero-order chi connectivity index (χ0) is 23.3. The smallest absolute Gasteiger partial charge is 0.167 e. The number of ether oxygens (including phenoxy) is 2. The van der Waals surface area contributed by atoms with E-state index in [4.69, 9.17) is 9.47 Å². The van der Waals surface area contributed by atoms with Crippen molar-refractivity contribution in [2.24, 2.45) is 52.3 Å². The lowest BCUT2D eigenvalue weighted by atomic mass is 9.47. The summed E-state index contributed by atoms with van der Waals surface area (Å²) in [7, 11) is 3.66. The molecular weight excluding hydrogens is 392 g/mol. The zero-order valence-electron chi connectivity index (χ0n) is 22.2. The van der Waals surface area contributed by atoms with Crippen molar-refractivity contribution >= 4 is 0 Å². The molecule has 2 heteroatoms. The highest BCUT2D eigenvalue weighted by atomic mass is 16.7. The Hall–Kier alpha value is -0.600. The first-order chi connectivity index (χ1) is 15.1. The van der Waals surface area contributed by atoms with Crippen LogP contribution in [-0.4, -0.2) is 20.0 Å². The number of hydrogen-bond donors (Lipinski definition) is 0. The predicted octanol–water partition coefficient (Wildman–Crippen LogP) is 8.04. The fourth-order valence-corrected chi connectivity index (χ4v) is 8.52. The maximum atomic E-state index is 5.89. The number of hydrogen-bond acceptors (Lipinski definition) is 2. The van der Waals surface area contributed by atoms with Gasteiger partial charge in [0.2, 0.25) is 0 Å². The molecule has 0 amide bonds. The first-order valence-electron chi connectivity index (χ1n) is 13.6. The lowest BCUT2D eigenvalue weighted by Crippen LogP contribution is -2.53. The maximum absolute atomic E-state index is 5.89. The van der Waals surface area contributed by atoms with E-state index < -0.39 is 0 Å². The summed E-state index contributed by atoms with van der Waals surface area (Å²) in [6.45, 7) is 14.8. The molecule has 0 N–H and O–H groups in total. The minimum Gasteiger partial charge on any atom is -0.353 e. The van der Waals surface area contributed by atoms with Gasteiger partial charge in [0.15, 0.2) is 5.79 Å². The van der Waals surface area contributed by atoms with E-state index in [-0.39, 0.29) is 5.79 Å². The van der Waals surface area contributed by atoms with Gasteiger partial charge in [-0.2, -0.15) is 0 Å². The average Bonchev–Trinajstić information content (AvgIpc) is 3.14. The normalized spacial score (nSPS) is 42.8. The highest BCUT2D eigenvalue weighted by molar-refractivity contribution is 5.28. The standard InChI is InChI=1S/C30H50O2/c1-20(2)21(3)9-10-22(4)25-13-14-26-24-12-11-23-19-30(31-7,32-8)18-17-28(23,5)27(24)15-16-29(25,26)6/h9-10,12,20-23,25-27H,11,13-19H2,1-8H3/t21-,22+,23?,25+,26-,27-,28-,29+/m0/s1. The molecule has 0 aromatic rings. The first kappa shape index (κ1) is 24.5. The van der Waals surface area contributed by atoms with Crippen LogP contribution in [0.3, 0.4) is 0 Å². The molecule has 8 atom stereocenters. The third-order valence-electron chi connectivity index (χ3n) is 11.3. The third kappa shape index (κ3) is 3.86. The van der Waals surface area contributed by atoms with Crippen LogP contribution in [0.2, 0.25) is 0 Å². The quantitative estimate of drug-likeness (QED) is 0.306. The van der Waals surface area contributed by atoms with E-state index in [1.54, 1.807) is 0 Å². The van der Waals surface area contributed by atoms with Crippen molar-refractivity contribution in [1.29, 1.82) is 0 Å². The minimum atomic E-state index is -0.355. The summed E-state index contributed by atoms with van der Waals surface area (Å²) in [6.07, 6.45) is 17.9. The number of methoxy groups -OCH3 is 2.